The Morgan fingerprint density at radius 1 is 1.23 bits per heavy atom. The zero-order valence-corrected chi connectivity index (χ0v) is 19.7. The zero-order chi connectivity index (χ0) is 21.7. The summed E-state index contributed by atoms with van der Waals surface area (Å²) in [6.07, 6.45) is 2.40. The second-order valence-electron chi connectivity index (χ2n) is 9.46. The largest absolute Gasteiger partial charge is 0.497 e. The maximum Gasteiger partial charge on any atom is 0.222 e. The molecule has 0 radical (unpaired) electrons. The van der Waals surface area contributed by atoms with Crippen molar-refractivity contribution in [1.82, 2.24) is 14.3 Å². The van der Waals surface area contributed by atoms with Crippen LogP contribution in [0.3, 0.4) is 0 Å². The van der Waals surface area contributed by atoms with Crippen LogP contribution in [-0.4, -0.2) is 53.5 Å². The highest BCUT2D eigenvalue weighted by Gasteiger charge is 2.25. The van der Waals surface area contributed by atoms with Crippen LogP contribution in [0.1, 0.15) is 51.9 Å². The van der Waals surface area contributed by atoms with E-state index >= 15 is 0 Å². The van der Waals surface area contributed by atoms with Gasteiger partial charge < -0.3 is 14.5 Å². The number of ether oxygens (including phenoxy) is 1. The van der Waals surface area contributed by atoms with E-state index in [1.54, 1.807) is 7.11 Å². The summed E-state index contributed by atoms with van der Waals surface area (Å²) < 4.78 is 9.83. The smallest absolute Gasteiger partial charge is 0.222 e. The summed E-state index contributed by atoms with van der Waals surface area (Å²) in [5.41, 5.74) is 1.40. The molecule has 3 rings (SSSR count). The van der Waals surface area contributed by atoms with Crippen molar-refractivity contribution in [3.05, 3.63) is 35.7 Å². The van der Waals surface area contributed by atoms with E-state index in [0.717, 1.165) is 54.9 Å². The molecule has 7 heteroatoms. The number of aromatic nitrogens is 2. The molecule has 0 bridgehead atoms. The summed E-state index contributed by atoms with van der Waals surface area (Å²) in [7, 11) is 1.67. The Morgan fingerprint density at radius 2 is 1.97 bits per heavy atom. The molecule has 1 aromatic heterocycles. The Kier molecular flexibility index (Phi) is 7.34. The van der Waals surface area contributed by atoms with Crippen LogP contribution in [0.15, 0.2) is 24.3 Å². The van der Waals surface area contributed by atoms with Crippen molar-refractivity contribution in [3.63, 3.8) is 0 Å². The van der Waals surface area contributed by atoms with Crippen LogP contribution in [0.2, 0.25) is 0 Å². The number of carbonyl (C=O) groups excluding carboxylic acids is 1. The second-order valence-corrected chi connectivity index (χ2v) is 10.2. The van der Waals surface area contributed by atoms with Crippen molar-refractivity contribution >= 4 is 22.6 Å². The summed E-state index contributed by atoms with van der Waals surface area (Å²) in [5, 5.41) is 0.945. The van der Waals surface area contributed by atoms with Crippen LogP contribution in [0.25, 0.3) is 0 Å². The van der Waals surface area contributed by atoms with Gasteiger partial charge in [0.15, 0.2) is 0 Å². The molecule has 0 N–H and O–H groups in total. The molecule has 1 amide bonds. The van der Waals surface area contributed by atoms with E-state index in [1.165, 1.54) is 11.5 Å². The third-order valence-electron chi connectivity index (χ3n) is 5.34. The Bertz CT molecular complexity index is 838. The first-order chi connectivity index (χ1) is 14.2. The van der Waals surface area contributed by atoms with Crippen molar-refractivity contribution in [2.24, 2.45) is 11.3 Å². The summed E-state index contributed by atoms with van der Waals surface area (Å²) in [5.74, 6) is 2.37. The lowest BCUT2D eigenvalue weighted by atomic mass is 9.84. The van der Waals surface area contributed by atoms with Crippen molar-refractivity contribution in [2.75, 3.05) is 38.2 Å². The highest BCUT2D eigenvalue weighted by atomic mass is 32.1. The first-order valence-corrected chi connectivity index (χ1v) is 11.5. The van der Waals surface area contributed by atoms with Gasteiger partial charge in [0.05, 0.1) is 7.11 Å². The summed E-state index contributed by atoms with van der Waals surface area (Å²) in [6, 6.07) is 8.01. The molecule has 1 atom stereocenters. The molecular weight excluding hydrogens is 396 g/mol. The van der Waals surface area contributed by atoms with Gasteiger partial charge in [-0.3, -0.25) is 4.79 Å². The molecule has 1 fully saturated rings. The molecule has 1 aliphatic rings. The van der Waals surface area contributed by atoms with Gasteiger partial charge in [-0.15, -0.1) is 0 Å². The Morgan fingerprint density at radius 3 is 2.63 bits per heavy atom. The number of piperazine rings is 1. The molecule has 2 heterocycles. The van der Waals surface area contributed by atoms with E-state index in [0.29, 0.717) is 18.8 Å². The zero-order valence-electron chi connectivity index (χ0n) is 18.9. The van der Waals surface area contributed by atoms with Crippen LogP contribution >= 0.6 is 11.5 Å². The van der Waals surface area contributed by atoms with Crippen molar-refractivity contribution in [1.29, 1.82) is 0 Å². The fourth-order valence-corrected chi connectivity index (χ4v) is 4.84. The van der Waals surface area contributed by atoms with Gasteiger partial charge in [-0.2, -0.15) is 4.37 Å². The number of hydrogen-bond acceptors (Lipinski definition) is 6. The lowest BCUT2D eigenvalue weighted by Gasteiger charge is -2.35. The van der Waals surface area contributed by atoms with Gasteiger partial charge in [0.25, 0.3) is 0 Å². The summed E-state index contributed by atoms with van der Waals surface area (Å²) in [4.78, 5) is 21.7. The van der Waals surface area contributed by atoms with Gasteiger partial charge in [0.2, 0.25) is 11.0 Å². The van der Waals surface area contributed by atoms with Crippen LogP contribution in [0, 0.1) is 11.3 Å². The number of anilines is 1. The lowest BCUT2D eigenvalue weighted by molar-refractivity contribution is -0.132. The van der Waals surface area contributed by atoms with Gasteiger partial charge >= 0.3 is 0 Å². The van der Waals surface area contributed by atoms with Gasteiger partial charge in [-0.1, -0.05) is 39.8 Å². The minimum Gasteiger partial charge on any atom is -0.497 e. The topological polar surface area (TPSA) is 58.6 Å². The average molecular weight is 431 g/mol. The molecule has 30 heavy (non-hydrogen) atoms. The van der Waals surface area contributed by atoms with Crippen molar-refractivity contribution < 1.29 is 9.53 Å². The summed E-state index contributed by atoms with van der Waals surface area (Å²) in [6.45, 7) is 12.0. The molecule has 0 saturated carbocycles. The fraction of sp³-hybridized carbons (Fsp3) is 0.609. The monoisotopic (exact) mass is 430 g/mol. The normalized spacial score (nSPS) is 15.9. The molecule has 1 aromatic carbocycles. The Labute approximate surface area is 184 Å². The number of hydrogen-bond donors (Lipinski definition) is 0. The Hall–Kier alpha value is -2.15. The van der Waals surface area contributed by atoms with Crippen molar-refractivity contribution in [2.45, 2.75) is 47.0 Å². The maximum absolute atomic E-state index is 12.7. The molecule has 1 saturated heterocycles. The maximum atomic E-state index is 12.7. The second kappa shape index (κ2) is 9.77. The third-order valence-corrected chi connectivity index (χ3v) is 6.16. The summed E-state index contributed by atoms with van der Waals surface area (Å²) >= 11 is 1.44. The SMILES string of the molecule is COc1cccc(Cc2nsc(N3CCN(C(=O)CC(C)CC(C)(C)C)CC3)n2)c1. The molecular formula is C23H34N4O2S. The minimum atomic E-state index is 0.263. The lowest BCUT2D eigenvalue weighted by Crippen LogP contribution is -2.49. The van der Waals surface area contributed by atoms with Crippen LogP contribution in [0.4, 0.5) is 5.13 Å². The van der Waals surface area contributed by atoms with Crippen molar-refractivity contribution in [3.8, 4) is 5.75 Å². The number of carbonyl (C=O) groups is 1. The highest BCUT2D eigenvalue weighted by Crippen LogP contribution is 2.27. The molecule has 1 aliphatic heterocycles. The predicted octanol–water partition coefficient (Wildman–Crippen LogP) is 4.25. The fourth-order valence-electron chi connectivity index (χ4n) is 4.10. The molecule has 2 aromatic rings. The van der Waals surface area contributed by atoms with Gasteiger partial charge in [0, 0.05) is 50.6 Å². The van der Waals surface area contributed by atoms with Crippen LogP contribution in [-0.2, 0) is 11.2 Å². The van der Waals surface area contributed by atoms with E-state index in [9.17, 15) is 4.79 Å². The van der Waals surface area contributed by atoms with E-state index in [2.05, 4.69) is 43.0 Å². The molecule has 0 spiro atoms. The number of rotatable bonds is 7. The van der Waals surface area contributed by atoms with Crippen LogP contribution < -0.4 is 9.64 Å². The highest BCUT2D eigenvalue weighted by molar-refractivity contribution is 7.09. The van der Waals surface area contributed by atoms with E-state index in [4.69, 9.17) is 9.72 Å². The van der Waals surface area contributed by atoms with Gasteiger partial charge in [-0.25, -0.2) is 4.98 Å². The van der Waals surface area contributed by atoms with Gasteiger partial charge in [-0.05, 0) is 35.4 Å². The molecule has 164 valence electrons. The Balaban J connectivity index is 1.50. The first kappa shape index (κ1) is 22.5. The average Bonchev–Trinajstić information content (AvgIpc) is 3.15. The predicted molar refractivity (Wildman–Crippen MR) is 122 cm³/mol. The quantitative estimate of drug-likeness (QED) is 0.657. The number of nitrogens with zero attached hydrogens (tertiary/aromatic N) is 4. The van der Waals surface area contributed by atoms with E-state index in [-0.39, 0.29) is 11.3 Å². The van der Waals surface area contributed by atoms with Gasteiger partial charge in [0.1, 0.15) is 11.6 Å². The minimum absolute atomic E-state index is 0.263. The molecule has 6 nitrogen and oxygen atoms in total. The standard InChI is InChI=1S/C23H34N4O2S/c1-17(16-23(2,3)4)13-21(28)26-9-11-27(12-10-26)22-24-20(25-30-22)15-18-7-6-8-19(14-18)29-5/h6-8,14,17H,9-13,15-16H2,1-5H3. The van der Waals surface area contributed by atoms with Crippen LogP contribution in [0.5, 0.6) is 5.75 Å². The number of amides is 1. The number of benzene rings is 1. The van der Waals surface area contributed by atoms with E-state index in [1.807, 2.05) is 23.1 Å². The third kappa shape index (κ3) is 6.42. The molecule has 0 aliphatic carbocycles. The van der Waals surface area contributed by atoms with E-state index < -0.39 is 0 Å². The number of methoxy groups -OCH3 is 1. The molecule has 1 unspecified atom stereocenters. The first-order valence-electron chi connectivity index (χ1n) is 10.7.